The van der Waals surface area contributed by atoms with Crippen LogP contribution in [0.2, 0.25) is 0 Å². The molecular formula is C46H78O39. The predicted molar refractivity (Wildman–Crippen MR) is 252 cm³/mol. The summed E-state index contributed by atoms with van der Waals surface area (Å²) in [6.45, 7) is -6.75. The Kier molecular flexibility index (Phi) is 24.3. The van der Waals surface area contributed by atoms with Gasteiger partial charge in [0.1, 0.15) is 183 Å². The molecule has 38 atom stereocenters. The maximum Gasteiger partial charge on any atom is 0.187 e. The zero-order valence-corrected chi connectivity index (χ0v) is 44.5. The van der Waals surface area contributed by atoms with Crippen LogP contribution in [-0.4, -0.2) is 409 Å². The molecule has 0 bridgehead atoms. The average molecular weight is 1260 g/mol. The Balaban J connectivity index is 0.908. The largest absolute Gasteiger partial charge is 0.394 e. The Bertz CT molecular complexity index is 2030. The van der Waals surface area contributed by atoms with Gasteiger partial charge in [-0.05, 0) is 0 Å². The zero-order valence-electron chi connectivity index (χ0n) is 44.5. The second-order valence-corrected chi connectivity index (χ2v) is 21.6. The van der Waals surface area contributed by atoms with Gasteiger partial charge >= 0.3 is 0 Å². The fraction of sp³-hybridized carbons (Fsp3) is 1.00. The Morgan fingerprint density at radius 2 is 0.412 bits per heavy atom. The molecule has 8 saturated heterocycles. The van der Waals surface area contributed by atoms with E-state index in [1.54, 1.807) is 0 Å². The van der Waals surface area contributed by atoms with Crippen LogP contribution in [0, 0.1) is 0 Å². The molecule has 0 spiro atoms. The van der Waals surface area contributed by atoms with Gasteiger partial charge in [-0.25, -0.2) is 0 Å². The van der Waals surface area contributed by atoms with E-state index in [9.17, 15) is 123 Å². The average Bonchev–Trinajstić information content (AvgIpc) is 2.90. The Labute approximate surface area is 479 Å². The van der Waals surface area contributed by atoms with E-state index in [-0.39, 0.29) is 0 Å². The highest BCUT2D eigenvalue weighted by molar-refractivity contribution is 4.99. The quantitative estimate of drug-likeness (QED) is 0.0479. The second-order valence-electron chi connectivity index (χ2n) is 21.6. The van der Waals surface area contributed by atoms with Crippen molar-refractivity contribution >= 4 is 0 Å². The molecule has 0 unspecified atom stereocenters. The molecule has 8 aliphatic heterocycles. The molecule has 8 rings (SSSR count). The van der Waals surface area contributed by atoms with Gasteiger partial charge in [-0.1, -0.05) is 0 Å². The third-order valence-corrected chi connectivity index (χ3v) is 15.9. The number of aliphatic hydroxyl groups excluding tert-OH is 24. The van der Waals surface area contributed by atoms with Crippen LogP contribution in [0.5, 0.6) is 0 Å². The molecule has 0 aliphatic carbocycles. The van der Waals surface area contributed by atoms with E-state index in [1.165, 1.54) is 0 Å². The molecule has 0 amide bonds. The molecule has 0 aromatic rings. The van der Waals surface area contributed by atoms with E-state index in [0.29, 0.717) is 0 Å². The minimum Gasteiger partial charge on any atom is -0.394 e. The zero-order chi connectivity index (χ0) is 62.2. The fourth-order valence-electron chi connectivity index (χ4n) is 10.5. The summed E-state index contributed by atoms with van der Waals surface area (Å²) in [4.78, 5) is 0. The van der Waals surface area contributed by atoms with Crippen LogP contribution in [0.25, 0.3) is 0 Å². The van der Waals surface area contributed by atoms with Crippen molar-refractivity contribution < 1.29 is 194 Å². The molecule has 8 heterocycles. The Morgan fingerprint density at radius 3 is 0.729 bits per heavy atom. The van der Waals surface area contributed by atoms with Crippen molar-refractivity contribution in [3.05, 3.63) is 0 Å². The van der Waals surface area contributed by atoms with Crippen LogP contribution in [0.15, 0.2) is 0 Å². The highest BCUT2D eigenvalue weighted by Crippen LogP contribution is 2.36. The van der Waals surface area contributed by atoms with E-state index >= 15 is 0 Å². The van der Waals surface area contributed by atoms with Gasteiger partial charge in [0, 0.05) is 0 Å². The van der Waals surface area contributed by atoms with Gasteiger partial charge < -0.3 is 194 Å². The first-order valence-corrected chi connectivity index (χ1v) is 27.0. The van der Waals surface area contributed by atoms with Crippen LogP contribution in [-0.2, 0) is 71.1 Å². The van der Waals surface area contributed by atoms with E-state index < -0.39 is 286 Å². The molecule has 0 radical (unpaired) electrons. The Hall–Kier alpha value is -1.56. The van der Waals surface area contributed by atoms with Gasteiger partial charge in [-0.3, -0.25) is 0 Å². The van der Waals surface area contributed by atoms with Gasteiger partial charge in [0.2, 0.25) is 0 Å². The summed E-state index contributed by atoms with van der Waals surface area (Å²) in [6.07, 6.45) is -70.9. The predicted octanol–water partition coefficient (Wildman–Crippen LogP) is -17.2. The summed E-state index contributed by atoms with van der Waals surface area (Å²) in [5.74, 6) is 0. The van der Waals surface area contributed by atoms with E-state index in [2.05, 4.69) is 0 Å². The van der Waals surface area contributed by atoms with Crippen molar-refractivity contribution in [3.63, 3.8) is 0 Å². The van der Waals surface area contributed by atoms with Crippen molar-refractivity contribution in [1.82, 2.24) is 0 Å². The summed E-state index contributed by atoms with van der Waals surface area (Å²) < 4.78 is 83.8. The third-order valence-electron chi connectivity index (χ3n) is 15.9. The molecule has 39 nitrogen and oxygen atoms in total. The number of rotatable bonds is 22. The SMILES string of the molecule is OC[C@@H]1O[C@@H](O[C@H]2[C@H](OC[C@H]3O[C@H](O)[C@H](O)[C@@H](O)[C@H]3O)O[C@H](CO[C@@H]3O[C@H](CO[C@@H]4O[C@H](CO[C@@H]5O[C@H](CO[C@@H]6O[C@H](CO)[C@H](O)[C@H](O)[C@H]6O)[C@H](O)[C@H](O)[C@H]5O[C@@H]5O[C@@H](CO)[C@H](O)[C@H]5O)[C@H](O)[C@H](O)[C@H]4O)[C@H](O)[C@H](O)[C@H]3O)[C@H](O)[C@@H]2O)[C@H](O)[C@H]1O. The molecule has 0 saturated carbocycles. The van der Waals surface area contributed by atoms with Crippen molar-refractivity contribution in [1.29, 1.82) is 0 Å². The molecule has 24 N–H and O–H groups in total. The number of ether oxygens (including phenoxy) is 15. The van der Waals surface area contributed by atoms with Crippen LogP contribution in [0.1, 0.15) is 0 Å². The van der Waals surface area contributed by atoms with E-state index in [0.717, 1.165) is 0 Å². The summed E-state index contributed by atoms with van der Waals surface area (Å²) in [7, 11) is 0. The second kappa shape index (κ2) is 29.8. The minimum absolute atomic E-state index is 0.795. The first-order valence-electron chi connectivity index (χ1n) is 27.0. The van der Waals surface area contributed by atoms with Crippen molar-refractivity contribution in [2.24, 2.45) is 0 Å². The van der Waals surface area contributed by atoms with Gasteiger partial charge in [-0.2, -0.15) is 0 Å². The minimum atomic E-state index is -2.13. The first-order chi connectivity index (χ1) is 40.2. The van der Waals surface area contributed by atoms with Gasteiger partial charge in [0.15, 0.2) is 50.3 Å². The highest BCUT2D eigenvalue weighted by atomic mass is 16.8. The van der Waals surface area contributed by atoms with Gasteiger partial charge in [0.05, 0.1) is 52.9 Å². The summed E-state index contributed by atoms with van der Waals surface area (Å²) >= 11 is 0. The maximum atomic E-state index is 11.4. The van der Waals surface area contributed by atoms with Gasteiger partial charge in [-0.15, -0.1) is 0 Å². The summed E-state index contributed by atoms with van der Waals surface area (Å²) in [5.41, 5.74) is 0. The molecule has 8 aliphatic rings. The van der Waals surface area contributed by atoms with Crippen molar-refractivity contribution in [3.8, 4) is 0 Å². The lowest BCUT2D eigenvalue weighted by Crippen LogP contribution is -2.64. The first kappa shape index (κ1) is 69.3. The summed E-state index contributed by atoms with van der Waals surface area (Å²) in [5, 5.41) is 253. The molecule has 39 heteroatoms. The highest BCUT2D eigenvalue weighted by Gasteiger charge is 2.56. The van der Waals surface area contributed by atoms with E-state index in [4.69, 9.17) is 71.1 Å². The topological polar surface area (TPSA) is 624 Å². The molecule has 496 valence electrons. The van der Waals surface area contributed by atoms with E-state index in [1.807, 2.05) is 0 Å². The van der Waals surface area contributed by atoms with Crippen LogP contribution < -0.4 is 0 Å². The molecule has 0 aromatic heterocycles. The maximum absolute atomic E-state index is 11.4. The summed E-state index contributed by atoms with van der Waals surface area (Å²) in [6, 6.07) is 0. The molecular weight excluding hydrogens is 1180 g/mol. The third kappa shape index (κ3) is 14.9. The fourth-order valence-corrected chi connectivity index (χ4v) is 10.5. The lowest BCUT2D eigenvalue weighted by molar-refractivity contribution is -0.364. The van der Waals surface area contributed by atoms with Crippen LogP contribution >= 0.6 is 0 Å². The van der Waals surface area contributed by atoms with Crippen molar-refractivity contribution in [2.75, 3.05) is 52.9 Å². The monoisotopic (exact) mass is 1250 g/mol. The standard InChI is InChI=1S/C46H78O39/c47-1-9-17(50)26(59)34(67)40(77-9)71-6-15-23(56)30(63)38(85-44-33(66)19(52)11(3-49)79-44)46(83-15)75-8-14-22(55)28(61)36(69)41(81-14)72-5-13-21(54)27(60)35(68)42(80-13)73-7-16-24(57)29(62)37(84-43-32(65)18(51)10(2-48)78-43)45(82-16)74-4-12-20(53)25(58)31(64)39(70)76-12/h9-70H,1-8H2/t9-,10+,11+,12-,13-,14-,15-,16-,17+,18+,19+,20+,21+,22+,23+,24+,25+,26+,27+,28+,29+,30+,31-,32-,33-,34-,35-,36-,37-,38-,39+,40-,41-,42-,43+,44+,45-,46-/m1/s1. The lowest BCUT2D eigenvalue weighted by Gasteiger charge is -2.46. The van der Waals surface area contributed by atoms with Crippen molar-refractivity contribution in [2.45, 2.75) is 233 Å². The number of aliphatic hydroxyl groups is 24. The lowest BCUT2D eigenvalue weighted by atomic mass is 9.97. The molecule has 0 aromatic carbocycles. The smallest absolute Gasteiger partial charge is 0.187 e. The Morgan fingerprint density at radius 1 is 0.200 bits per heavy atom. The number of hydrogen-bond acceptors (Lipinski definition) is 39. The van der Waals surface area contributed by atoms with Crippen LogP contribution in [0.3, 0.4) is 0 Å². The molecule has 85 heavy (non-hydrogen) atoms. The van der Waals surface area contributed by atoms with Crippen LogP contribution in [0.4, 0.5) is 0 Å². The van der Waals surface area contributed by atoms with Gasteiger partial charge in [0.25, 0.3) is 0 Å². The number of hydrogen-bond donors (Lipinski definition) is 24. The molecule has 8 fully saturated rings. The normalized spacial score (nSPS) is 53.5.